The fourth-order valence-electron chi connectivity index (χ4n) is 2.05. The first-order valence-corrected chi connectivity index (χ1v) is 7.36. The largest absolute Gasteiger partial charge is 0.493 e. The van der Waals surface area contributed by atoms with Gasteiger partial charge in [-0.3, -0.25) is 0 Å². The van der Waals surface area contributed by atoms with Crippen LogP contribution in [0.4, 0.5) is 0 Å². The number of hydrogen-bond donors (Lipinski definition) is 1. The molecular weight excluding hydrogens is 286 g/mol. The molecule has 112 valence electrons. The fraction of sp³-hybridized carbons (Fsp3) is 0.294. The van der Waals surface area contributed by atoms with Crippen LogP contribution in [-0.2, 0) is 13.2 Å². The molecule has 0 saturated heterocycles. The molecule has 2 aromatic rings. The Kier molecular flexibility index (Phi) is 5.90. The summed E-state index contributed by atoms with van der Waals surface area (Å²) < 4.78 is 11.4. The highest BCUT2D eigenvalue weighted by molar-refractivity contribution is 6.31. The van der Waals surface area contributed by atoms with E-state index in [4.69, 9.17) is 21.1 Å². The van der Waals surface area contributed by atoms with Gasteiger partial charge in [0.15, 0.2) is 11.5 Å². The average Bonchev–Trinajstić information content (AvgIpc) is 2.52. The zero-order chi connectivity index (χ0) is 15.1. The van der Waals surface area contributed by atoms with E-state index in [1.165, 1.54) is 0 Å². The summed E-state index contributed by atoms with van der Waals surface area (Å²) in [6.07, 6.45) is 0. The van der Waals surface area contributed by atoms with Crippen molar-refractivity contribution in [2.45, 2.75) is 20.1 Å². The van der Waals surface area contributed by atoms with Crippen molar-refractivity contribution in [2.24, 2.45) is 0 Å². The van der Waals surface area contributed by atoms with Gasteiger partial charge in [0.1, 0.15) is 6.61 Å². The summed E-state index contributed by atoms with van der Waals surface area (Å²) in [6, 6.07) is 13.6. The van der Waals surface area contributed by atoms with Gasteiger partial charge in [-0.05, 0) is 18.7 Å². The van der Waals surface area contributed by atoms with Crippen molar-refractivity contribution in [3.63, 3.8) is 0 Å². The Hall–Kier alpha value is -1.71. The molecule has 0 aliphatic rings. The molecule has 0 fully saturated rings. The van der Waals surface area contributed by atoms with E-state index in [9.17, 15) is 0 Å². The molecular formula is C17H20ClNO2. The maximum atomic E-state index is 6.16. The lowest BCUT2D eigenvalue weighted by atomic mass is 10.1. The maximum absolute atomic E-state index is 6.16. The first-order chi connectivity index (χ1) is 10.3. The number of halogens is 1. The Morgan fingerprint density at radius 2 is 1.81 bits per heavy atom. The van der Waals surface area contributed by atoms with E-state index in [2.05, 4.69) is 12.2 Å². The highest BCUT2D eigenvalue weighted by Gasteiger charge is 2.11. The van der Waals surface area contributed by atoms with Crippen molar-refractivity contribution in [3.05, 3.63) is 58.6 Å². The second-order valence-electron chi connectivity index (χ2n) is 4.61. The molecule has 0 unspecified atom stereocenters. The molecule has 2 rings (SSSR count). The number of hydrogen-bond acceptors (Lipinski definition) is 3. The van der Waals surface area contributed by atoms with Crippen molar-refractivity contribution >= 4 is 11.6 Å². The molecule has 0 radical (unpaired) electrons. The molecule has 0 aliphatic heterocycles. The van der Waals surface area contributed by atoms with Crippen LogP contribution in [0.25, 0.3) is 0 Å². The Labute approximate surface area is 130 Å². The van der Waals surface area contributed by atoms with Gasteiger partial charge in [0.2, 0.25) is 0 Å². The molecule has 0 aliphatic carbocycles. The highest BCUT2D eigenvalue weighted by Crippen LogP contribution is 2.32. The van der Waals surface area contributed by atoms with Crippen LogP contribution >= 0.6 is 11.6 Å². The lowest BCUT2D eigenvalue weighted by molar-refractivity contribution is 0.281. The summed E-state index contributed by atoms with van der Waals surface area (Å²) in [5.74, 6) is 1.50. The quantitative estimate of drug-likeness (QED) is 0.837. The molecule has 0 atom stereocenters. The summed E-state index contributed by atoms with van der Waals surface area (Å²) in [6.45, 7) is 4.14. The first-order valence-electron chi connectivity index (χ1n) is 6.99. The van der Waals surface area contributed by atoms with E-state index in [0.717, 1.165) is 35.7 Å². The zero-order valence-electron chi connectivity index (χ0n) is 12.4. The summed E-state index contributed by atoms with van der Waals surface area (Å²) in [5.41, 5.74) is 2.03. The van der Waals surface area contributed by atoms with Gasteiger partial charge in [-0.25, -0.2) is 0 Å². The first kappa shape index (κ1) is 15.7. The molecule has 0 amide bonds. The molecule has 4 heteroatoms. The number of para-hydroxylation sites is 1. The number of rotatable bonds is 7. The molecule has 0 saturated carbocycles. The third-order valence-corrected chi connectivity index (χ3v) is 3.54. The molecule has 0 aromatic heterocycles. The number of nitrogens with one attached hydrogen (secondary N) is 1. The average molecular weight is 306 g/mol. The summed E-state index contributed by atoms with van der Waals surface area (Å²) in [7, 11) is 1.65. The van der Waals surface area contributed by atoms with Gasteiger partial charge in [-0.2, -0.15) is 0 Å². The van der Waals surface area contributed by atoms with Crippen molar-refractivity contribution in [2.75, 3.05) is 13.7 Å². The van der Waals surface area contributed by atoms with Crippen molar-refractivity contribution in [3.8, 4) is 11.5 Å². The lowest BCUT2D eigenvalue weighted by Gasteiger charge is -2.15. The van der Waals surface area contributed by atoms with Crippen molar-refractivity contribution in [1.29, 1.82) is 0 Å². The minimum absolute atomic E-state index is 0.416. The van der Waals surface area contributed by atoms with Crippen molar-refractivity contribution < 1.29 is 9.47 Å². The van der Waals surface area contributed by atoms with E-state index < -0.39 is 0 Å². The molecule has 0 spiro atoms. The highest BCUT2D eigenvalue weighted by atomic mass is 35.5. The number of methoxy groups -OCH3 is 1. The van der Waals surface area contributed by atoms with Gasteiger partial charge in [-0.1, -0.05) is 48.9 Å². The van der Waals surface area contributed by atoms with Gasteiger partial charge in [-0.15, -0.1) is 0 Å². The van der Waals surface area contributed by atoms with Gasteiger partial charge in [0.05, 0.1) is 7.11 Å². The standard InChI is InChI=1S/C17H20ClNO2/c1-3-19-11-13-8-6-10-16(20-2)17(13)21-12-14-7-4-5-9-15(14)18/h4-10,19H,3,11-12H2,1-2H3. The number of ether oxygens (including phenoxy) is 2. The predicted molar refractivity (Wildman–Crippen MR) is 86.2 cm³/mol. The SMILES string of the molecule is CCNCc1cccc(OC)c1OCc1ccccc1Cl. The van der Waals surface area contributed by atoms with Crippen LogP contribution < -0.4 is 14.8 Å². The van der Waals surface area contributed by atoms with E-state index in [-0.39, 0.29) is 0 Å². The lowest BCUT2D eigenvalue weighted by Crippen LogP contribution is -2.13. The van der Waals surface area contributed by atoms with Gasteiger partial charge >= 0.3 is 0 Å². The molecule has 0 bridgehead atoms. The Morgan fingerprint density at radius 1 is 1.05 bits per heavy atom. The van der Waals surface area contributed by atoms with Crippen LogP contribution in [0.3, 0.4) is 0 Å². The van der Waals surface area contributed by atoms with Crippen LogP contribution in [0, 0.1) is 0 Å². The summed E-state index contributed by atoms with van der Waals surface area (Å²) >= 11 is 6.16. The second kappa shape index (κ2) is 7.91. The smallest absolute Gasteiger partial charge is 0.166 e. The number of benzene rings is 2. The van der Waals surface area contributed by atoms with Crippen molar-refractivity contribution in [1.82, 2.24) is 5.32 Å². The summed E-state index contributed by atoms with van der Waals surface area (Å²) in [5, 5.41) is 4.01. The fourth-order valence-corrected chi connectivity index (χ4v) is 2.24. The van der Waals surface area contributed by atoms with Crippen LogP contribution in [0.5, 0.6) is 11.5 Å². The van der Waals surface area contributed by atoms with Crippen LogP contribution in [0.2, 0.25) is 5.02 Å². The van der Waals surface area contributed by atoms with Gasteiger partial charge in [0, 0.05) is 22.7 Å². The van der Waals surface area contributed by atoms with Gasteiger partial charge < -0.3 is 14.8 Å². The predicted octanol–water partition coefficient (Wildman–Crippen LogP) is 4.04. The van der Waals surface area contributed by atoms with Crippen LogP contribution in [0.15, 0.2) is 42.5 Å². The third kappa shape index (κ3) is 4.13. The Balaban J connectivity index is 2.19. The second-order valence-corrected chi connectivity index (χ2v) is 5.02. The minimum Gasteiger partial charge on any atom is -0.493 e. The van der Waals surface area contributed by atoms with E-state index >= 15 is 0 Å². The molecule has 2 aromatic carbocycles. The zero-order valence-corrected chi connectivity index (χ0v) is 13.1. The van der Waals surface area contributed by atoms with Crippen LogP contribution in [0.1, 0.15) is 18.1 Å². The Bertz CT molecular complexity index is 587. The minimum atomic E-state index is 0.416. The topological polar surface area (TPSA) is 30.5 Å². The van der Waals surface area contributed by atoms with E-state index in [1.54, 1.807) is 7.11 Å². The molecule has 3 nitrogen and oxygen atoms in total. The molecule has 21 heavy (non-hydrogen) atoms. The summed E-state index contributed by atoms with van der Waals surface area (Å²) in [4.78, 5) is 0. The third-order valence-electron chi connectivity index (χ3n) is 3.18. The van der Waals surface area contributed by atoms with Gasteiger partial charge in [0.25, 0.3) is 0 Å². The molecule has 1 N–H and O–H groups in total. The van der Waals surface area contributed by atoms with E-state index in [0.29, 0.717) is 11.6 Å². The Morgan fingerprint density at radius 3 is 2.52 bits per heavy atom. The normalized spacial score (nSPS) is 10.4. The maximum Gasteiger partial charge on any atom is 0.166 e. The molecule has 0 heterocycles. The van der Waals surface area contributed by atoms with Crippen LogP contribution in [-0.4, -0.2) is 13.7 Å². The monoisotopic (exact) mass is 305 g/mol. The van der Waals surface area contributed by atoms with E-state index in [1.807, 2.05) is 42.5 Å².